The molecule has 1 aromatic heterocycles. The molecule has 0 radical (unpaired) electrons. The molecule has 0 saturated heterocycles. The molecule has 0 aliphatic carbocycles. The molecule has 2 atom stereocenters. The van der Waals surface area contributed by atoms with Crippen LogP contribution in [0.2, 0.25) is 0 Å². The van der Waals surface area contributed by atoms with Gasteiger partial charge in [-0.2, -0.15) is 4.68 Å². The summed E-state index contributed by atoms with van der Waals surface area (Å²) >= 11 is 0. The van der Waals surface area contributed by atoms with Crippen LogP contribution in [0.4, 0.5) is 0 Å². The van der Waals surface area contributed by atoms with Crippen molar-refractivity contribution in [3.05, 3.63) is 72.1 Å². The normalized spacial score (nSPS) is 13.2. The fraction of sp³-hybridized carbons (Fsp3) is 0.300. The molecule has 6 heteroatoms. The van der Waals surface area contributed by atoms with Crippen molar-refractivity contribution in [1.82, 2.24) is 25.5 Å². The highest BCUT2D eigenvalue weighted by Crippen LogP contribution is 2.23. The van der Waals surface area contributed by atoms with E-state index in [2.05, 4.69) is 39.9 Å². The van der Waals surface area contributed by atoms with Gasteiger partial charge in [0.1, 0.15) is 0 Å². The summed E-state index contributed by atoms with van der Waals surface area (Å²) < 4.78 is 1.65. The minimum Gasteiger partial charge on any atom is -0.346 e. The van der Waals surface area contributed by atoms with Crippen molar-refractivity contribution in [2.75, 3.05) is 0 Å². The molecule has 0 saturated carbocycles. The smallest absolute Gasteiger partial charge is 0.221 e. The summed E-state index contributed by atoms with van der Waals surface area (Å²) in [7, 11) is 0. The zero-order valence-electron chi connectivity index (χ0n) is 15.0. The van der Waals surface area contributed by atoms with Crippen molar-refractivity contribution in [2.45, 2.75) is 38.6 Å². The van der Waals surface area contributed by atoms with Crippen LogP contribution in [0.3, 0.4) is 0 Å². The maximum Gasteiger partial charge on any atom is 0.221 e. The van der Waals surface area contributed by atoms with Crippen molar-refractivity contribution in [2.24, 2.45) is 0 Å². The number of benzene rings is 2. The van der Waals surface area contributed by atoms with E-state index in [0.29, 0.717) is 12.2 Å². The standard InChI is InChI=1S/C20H23N5O/c1-3-16(17-10-6-4-7-11-17)14-19(26)21-15(2)20-22-23-24-25(20)18-12-8-5-9-13-18/h4-13,15-16H,3,14H2,1-2H3,(H,21,26)/t15-,16-/m1/s1. The van der Waals surface area contributed by atoms with Gasteiger partial charge in [0, 0.05) is 6.42 Å². The lowest BCUT2D eigenvalue weighted by Gasteiger charge is -2.18. The minimum absolute atomic E-state index is 0.00388. The number of carbonyl (C=O) groups excluding carboxylic acids is 1. The van der Waals surface area contributed by atoms with Crippen LogP contribution in [0.25, 0.3) is 5.69 Å². The second-order valence-electron chi connectivity index (χ2n) is 6.29. The van der Waals surface area contributed by atoms with Crippen LogP contribution >= 0.6 is 0 Å². The van der Waals surface area contributed by atoms with E-state index in [1.165, 1.54) is 5.56 Å². The molecule has 0 fully saturated rings. The first-order valence-corrected chi connectivity index (χ1v) is 8.87. The van der Waals surface area contributed by atoms with Gasteiger partial charge in [0.2, 0.25) is 5.91 Å². The van der Waals surface area contributed by atoms with E-state index in [9.17, 15) is 4.79 Å². The van der Waals surface area contributed by atoms with Gasteiger partial charge in [0.25, 0.3) is 0 Å². The lowest BCUT2D eigenvalue weighted by Crippen LogP contribution is -2.29. The first-order chi connectivity index (χ1) is 12.7. The predicted molar refractivity (Wildman–Crippen MR) is 99.8 cm³/mol. The zero-order valence-corrected chi connectivity index (χ0v) is 15.0. The first-order valence-electron chi connectivity index (χ1n) is 8.87. The van der Waals surface area contributed by atoms with Crippen LogP contribution in [0.15, 0.2) is 60.7 Å². The average molecular weight is 349 g/mol. The topological polar surface area (TPSA) is 72.7 Å². The molecule has 0 aliphatic heterocycles. The van der Waals surface area contributed by atoms with E-state index in [4.69, 9.17) is 0 Å². The van der Waals surface area contributed by atoms with Gasteiger partial charge in [-0.25, -0.2) is 0 Å². The number of nitrogens with one attached hydrogen (secondary N) is 1. The van der Waals surface area contributed by atoms with Crippen molar-refractivity contribution in [3.63, 3.8) is 0 Å². The Hall–Kier alpha value is -3.02. The summed E-state index contributed by atoms with van der Waals surface area (Å²) in [6, 6.07) is 19.5. The fourth-order valence-electron chi connectivity index (χ4n) is 3.03. The Labute approximate surface area is 153 Å². The number of para-hydroxylation sites is 1. The quantitative estimate of drug-likeness (QED) is 0.709. The highest BCUT2D eigenvalue weighted by Gasteiger charge is 2.20. The molecule has 0 spiro atoms. The molecule has 3 rings (SSSR count). The monoisotopic (exact) mass is 349 g/mol. The van der Waals surface area contributed by atoms with Gasteiger partial charge in [-0.15, -0.1) is 5.10 Å². The maximum atomic E-state index is 12.6. The molecule has 2 aromatic carbocycles. The summed E-state index contributed by atoms with van der Waals surface area (Å²) in [5.74, 6) is 0.807. The lowest BCUT2D eigenvalue weighted by atomic mass is 9.93. The third kappa shape index (κ3) is 4.14. The maximum absolute atomic E-state index is 12.6. The lowest BCUT2D eigenvalue weighted by molar-refractivity contribution is -0.122. The van der Waals surface area contributed by atoms with E-state index in [0.717, 1.165) is 12.1 Å². The molecule has 0 bridgehead atoms. The highest BCUT2D eigenvalue weighted by molar-refractivity contribution is 5.77. The summed E-state index contributed by atoms with van der Waals surface area (Å²) in [6.45, 7) is 4.00. The van der Waals surface area contributed by atoms with Crippen LogP contribution in [0, 0.1) is 0 Å². The van der Waals surface area contributed by atoms with Gasteiger partial charge in [0.05, 0.1) is 11.7 Å². The number of carbonyl (C=O) groups is 1. The molecule has 1 heterocycles. The van der Waals surface area contributed by atoms with Crippen LogP contribution in [-0.4, -0.2) is 26.1 Å². The number of tetrazole rings is 1. The summed E-state index contributed by atoms with van der Waals surface area (Å²) in [6.07, 6.45) is 1.35. The number of rotatable bonds is 7. The molecule has 1 N–H and O–H groups in total. The Kier molecular flexibility index (Phi) is 5.73. The fourth-order valence-corrected chi connectivity index (χ4v) is 3.03. The average Bonchev–Trinajstić information content (AvgIpc) is 3.17. The molecule has 3 aromatic rings. The molecular formula is C20H23N5O. The van der Waals surface area contributed by atoms with Gasteiger partial charge in [-0.3, -0.25) is 4.79 Å². The molecule has 1 amide bonds. The predicted octanol–water partition coefficient (Wildman–Crippen LogP) is 3.42. The van der Waals surface area contributed by atoms with E-state index < -0.39 is 0 Å². The Morgan fingerprint density at radius 2 is 1.73 bits per heavy atom. The second kappa shape index (κ2) is 8.38. The van der Waals surface area contributed by atoms with Gasteiger partial charge in [-0.05, 0) is 47.4 Å². The highest BCUT2D eigenvalue weighted by atomic mass is 16.1. The molecule has 6 nitrogen and oxygen atoms in total. The SMILES string of the molecule is CC[C@H](CC(=O)N[C@H](C)c1nnnn1-c1ccccc1)c1ccccc1. The van der Waals surface area contributed by atoms with Crippen LogP contribution < -0.4 is 5.32 Å². The zero-order chi connectivity index (χ0) is 18.4. The van der Waals surface area contributed by atoms with Crippen LogP contribution in [0.1, 0.15) is 50.0 Å². The van der Waals surface area contributed by atoms with Gasteiger partial charge >= 0.3 is 0 Å². The molecule has 134 valence electrons. The van der Waals surface area contributed by atoms with Crippen LogP contribution in [0.5, 0.6) is 0 Å². The third-order valence-corrected chi connectivity index (χ3v) is 4.45. The first kappa shape index (κ1) is 17.8. The third-order valence-electron chi connectivity index (χ3n) is 4.45. The van der Waals surface area contributed by atoms with Crippen LogP contribution in [-0.2, 0) is 4.79 Å². The molecular weight excluding hydrogens is 326 g/mol. The molecule has 0 unspecified atom stereocenters. The van der Waals surface area contributed by atoms with Crippen molar-refractivity contribution in [1.29, 1.82) is 0 Å². The van der Waals surface area contributed by atoms with Crippen molar-refractivity contribution in [3.8, 4) is 5.69 Å². The Morgan fingerprint density at radius 3 is 2.38 bits per heavy atom. The summed E-state index contributed by atoms with van der Waals surface area (Å²) in [5.41, 5.74) is 2.05. The number of hydrogen-bond donors (Lipinski definition) is 1. The van der Waals surface area contributed by atoms with Crippen molar-refractivity contribution < 1.29 is 4.79 Å². The number of nitrogens with zero attached hydrogens (tertiary/aromatic N) is 4. The number of amides is 1. The van der Waals surface area contributed by atoms with E-state index >= 15 is 0 Å². The van der Waals surface area contributed by atoms with E-state index in [1.807, 2.05) is 55.5 Å². The van der Waals surface area contributed by atoms with Gasteiger partial charge < -0.3 is 5.32 Å². The Bertz CT molecular complexity index is 832. The molecule has 26 heavy (non-hydrogen) atoms. The van der Waals surface area contributed by atoms with Gasteiger partial charge in [-0.1, -0.05) is 55.5 Å². The molecule has 0 aliphatic rings. The largest absolute Gasteiger partial charge is 0.346 e. The van der Waals surface area contributed by atoms with Crippen molar-refractivity contribution >= 4 is 5.91 Å². The number of hydrogen-bond acceptors (Lipinski definition) is 4. The Morgan fingerprint density at radius 1 is 1.08 bits per heavy atom. The number of aromatic nitrogens is 4. The summed E-state index contributed by atoms with van der Waals surface area (Å²) in [4.78, 5) is 12.6. The minimum atomic E-state index is -0.286. The second-order valence-corrected chi connectivity index (χ2v) is 6.29. The summed E-state index contributed by atoms with van der Waals surface area (Å²) in [5, 5.41) is 14.9. The van der Waals surface area contributed by atoms with E-state index in [1.54, 1.807) is 4.68 Å². The van der Waals surface area contributed by atoms with Gasteiger partial charge in [0.15, 0.2) is 5.82 Å². The van der Waals surface area contributed by atoms with E-state index in [-0.39, 0.29) is 17.9 Å². The Balaban J connectivity index is 1.68.